The van der Waals surface area contributed by atoms with Crippen molar-refractivity contribution in [3.63, 3.8) is 0 Å². The molecular weight excluding hydrogens is 450 g/mol. The van der Waals surface area contributed by atoms with Gasteiger partial charge in [-0.2, -0.15) is 0 Å². The van der Waals surface area contributed by atoms with Gasteiger partial charge >= 0.3 is 12.1 Å². The minimum atomic E-state index is -0.934. The van der Waals surface area contributed by atoms with E-state index in [0.29, 0.717) is 0 Å². The molecule has 0 radical (unpaired) electrons. The van der Waals surface area contributed by atoms with Crippen LogP contribution in [-0.4, -0.2) is 40.9 Å². The van der Waals surface area contributed by atoms with E-state index < -0.39 is 29.9 Å². The number of nitrogens with zero attached hydrogens (tertiary/aromatic N) is 1. The molecule has 1 aromatic heterocycles. The number of carboxylic acids is 1. The van der Waals surface area contributed by atoms with Gasteiger partial charge in [-0.3, -0.25) is 9.59 Å². The number of ether oxygens (including phenoxy) is 1. The summed E-state index contributed by atoms with van der Waals surface area (Å²) in [6.07, 6.45) is 4.04. The molecule has 0 fully saturated rings. The van der Waals surface area contributed by atoms with Crippen LogP contribution in [0.15, 0.2) is 71.5 Å². The van der Waals surface area contributed by atoms with Gasteiger partial charge in [-0.15, -0.1) is 0 Å². The predicted molar refractivity (Wildman–Crippen MR) is 125 cm³/mol. The molecule has 0 spiro atoms. The summed E-state index contributed by atoms with van der Waals surface area (Å²) in [5, 5.41) is 18.2. The average Bonchev–Trinajstić information content (AvgIpc) is 3.59. The van der Waals surface area contributed by atoms with Gasteiger partial charge in [-0.05, 0) is 28.7 Å². The number of aromatic nitrogens is 1. The van der Waals surface area contributed by atoms with Gasteiger partial charge in [0.2, 0.25) is 0 Å². The fourth-order valence-electron chi connectivity index (χ4n) is 4.61. The Bertz CT molecular complexity index is 1270. The van der Waals surface area contributed by atoms with E-state index in [-0.39, 0.29) is 36.7 Å². The van der Waals surface area contributed by atoms with Crippen LogP contribution in [0.1, 0.15) is 39.5 Å². The van der Waals surface area contributed by atoms with Crippen LogP contribution in [0.2, 0.25) is 0 Å². The molecule has 2 unspecified atom stereocenters. The minimum absolute atomic E-state index is 0.0596. The number of amides is 2. The van der Waals surface area contributed by atoms with Crippen LogP contribution < -0.4 is 10.6 Å². The summed E-state index contributed by atoms with van der Waals surface area (Å²) < 4.78 is 10.4. The summed E-state index contributed by atoms with van der Waals surface area (Å²) in [5.74, 6) is -2.08. The largest absolute Gasteiger partial charge is 0.481 e. The maximum atomic E-state index is 12.6. The summed E-state index contributed by atoms with van der Waals surface area (Å²) in [6, 6.07) is 15.7. The molecule has 2 aliphatic rings. The van der Waals surface area contributed by atoms with Gasteiger partial charge in [0.1, 0.15) is 24.1 Å². The zero-order valence-electron chi connectivity index (χ0n) is 18.6. The maximum absolute atomic E-state index is 12.6. The van der Waals surface area contributed by atoms with Gasteiger partial charge in [-0.25, -0.2) is 4.79 Å². The number of aliphatic carboxylic acids is 1. The molecule has 2 atom stereocenters. The number of rotatable bonds is 7. The second-order valence-corrected chi connectivity index (χ2v) is 8.50. The lowest BCUT2D eigenvalue weighted by atomic mass is 9.98. The van der Waals surface area contributed by atoms with E-state index in [9.17, 15) is 14.4 Å². The molecule has 3 N–H and O–H groups in total. The van der Waals surface area contributed by atoms with Crippen molar-refractivity contribution < 1.29 is 28.8 Å². The number of nitrogens with one attached hydrogen (secondary N) is 2. The molecule has 2 aromatic carbocycles. The number of fused-ring (bicyclic) bond motifs is 3. The van der Waals surface area contributed by atoms with E-state index in [1.165, 1.54) is 6.26 Å². The van der Waals surface area contributed by atoms with Gasteiger partial charge in [0.15, 0.2) is 0 Å². The molecule has 178 valence electrons. The highest BCUT2D eigenvalue weighted by Crippen LogP contribution is 2.44. The fourth-order valence-corrected chi connectivity index (χ4v) is 4.61. The Morgan fingerprint density at radius 3 is 2.37 bits per heavy atom. The molecule has 3 aromatic rings. The third kappa shape index (κ3) is 4.52. The Kier molecular flexibility index (Phi) is 6.05. The lowest BCUT2D eigenvalue weighted by Crippen LogP contribution is -2.34. The van der Waals surface area contributed by atoms with Gasteiger partial charge in [0, 0.05) is 12.0 Å². The molecule has 5 rings (SSSR count). The molecule has 0 aliphatic heterocycles. The van der Waals surface area contributed by atoms with Crippen molar-refractivity contribution in [1.82, 2.24) is 15.8 Å². The normalized spacial score (nSPS) is 18.1. The average molecular weight is 473 g/mol. The molecule has 2 aliphatic carbocycles. The number of alkyl carbamates (subject to hydrolysis) is 1. The molecular formula is C26H23N3O6. The van der Waals surface area contributed by atoms with Crippen LogP contribution in [0, 0.1) is 5.92 Å². The Morgan fingerprint density at radius 1 is 1.03 bits per heavy atom. The lowest BCUT2D eigenvalue weighted by Gasteiger charge is -2.14. The number of carbonyl (C=O) groups excluding carboxylic acids is 2. The van der Waals surface area contributed by atoms with Crippen molar-refractivity contribution >= 4 is 18.0 Å². The van der Waals surface area contributed by atoms with Crippen molar-refractivity contribution in [3.8, 4) is 11.1 Å². The molecule has 0 saturated carbocycles. The number of hydrogen-bond acceptors (Lipinski definition) is 6. The van der Waals surface area contributed by atoms with E-state index in [4.69, 9.17) is 14.4 Å². The van der Waals surface area contributed by atoms with Gasteiger partial charge < -0.3 is 25.0 Å². The van der Waals surface area contributed by atoms with Gasteiger partial charge in [0.25, 0.3) is 5.91 Å². The van der Waals surface area contributed by atoms with Crippen molar-refractivity contribution in [1.29, 1.82) is 0 Å². The third-order valence-corrected chi connectivity index (χ3v) is 6.35. The van der Waals surface area contributed by atoms with Crippen LogP contribution in [0.5, 0.6) is 0 Å². The summed E-state index contributed by atoms with van der Waals surface area (Å²) in [6.45, 7) is 0.110. The van der Waals surface area contributed by atoms with Gasteiger partial charge in [0.05, 0.1) is 12.5 Å². The van der Waals surface area contributed by atoms with Crippen molar-refractivity contribution in [2.75, 3.05) is 6.61 Å². The van der Waals surface area contributed by atoms with Crippen molar-refractivity contribution in [2.45, 2.75) is 24.9 Å². The molecule has 9 heteroatoms. The third-order valence-electron chi connectivity index (χ3n) is 6.35. The zero-order chi connectivity index (χ0) is 24.4. The Morgan fingerprint density at radius 2 is 1.71 bits per heavy atom. The fraction of sp³-hybridized carbons (Fsp3) is 0.231. The molecule has 35 heavy (non-hydrogen) atoms. The van der Waals surface area contributed by atoms with E-state index in [1.54, 1.807) is 12.2 Å². The molecule has 9 nitrogen and oxygen atoms in total. The highest BCUT2D eigenvalue weighted by molar-refractivity contribution is 5.95. The first-order chi connectivity index (χ1) is 17.0. The summed E-state index contributed by atoms with van der Waals surface area (Å²) in [5.41, 5.74) is 4.92. The minimum Gasteiger partial charge on any atom is -0.481 e. The van der Waals surface area contributed by atoms with Crippen LogP contribution in [0.3, 0.4) is 0 Å². The smallest absolute Gasteiger partial charge is 0.407 e. The summed E-state index contributed by atoms with van der Waals surface area (Å²) >= 11 is 0. The van der Waals surface area contributed by atoms with Crippen LogP contribution in [0.25, 0.3) is 11.1 Å². The Labute approximate surface area is 200 Å². The number of benzene rings is 2. The summed E-state index contributed by atoms with van der Waals surface area (Å²) in [4.78, 5) is 36.1. The topological polar surface area (TPSA) is 131 Å². The number of carboxylic acid groups (broad SMARTS) is 1. The van der Waals surface area contributed by atoms with E-state index in [0.717, 1.165) is 22.3 Å². The Balaban J connectivity index is 1.16. The van der Waals surface area contributed by atoms with E-state index >= 15 is 0 Å². The highest BCUT2D eigenvalue weighted by Gasteiger charge is 2.29. The van der Waals surface area contributed by atoms with Crippen molar-refractivity contribution in [2.24, 2.45) is 5.92 Å². The second kappa shape index (κ2) is 9.46. The first-order valence-corrected chi connectivity index (χ1v) is 11.3. The SMILES string of the molecule is O=C(NCc1nocc1C(=O)NC1C=CC(C(=O)O)C1)OCC1c2ccccc2-c2ccccc21. The lowest BCUT2D eigenvalue weighted by molar-refractivity contribution is -0.140. The first kappa shape index (κ1) is 22.4. The summed E-state index contributed by atoms with van der Waals surface area (Å²) in [7, 11) is 0. The van der Waals surface area contributed by atoms with Crippen LogP contribution in [-0.2, 0) is 16.1 Å². The maximum Gasteiger partial charge on any atom is 0.407 e. The van der Waals surface area contributed by atoms with Gasteiger partial charge in [-0.1, -0.05) is 65.8 Å². The highest BCUT2D eigenvalue weighted by atomic mass is 16.5. The molecule has 0 saturated heterocycles. The predicted octanol–water partition coefficient (Wildman–Crippen LogP) is 3.47. The first-order valence-electron chi connectivity index (χ1n) is 11.3. The van der Waals surface area contributed by atoms with Crippen molar-refractivity contribution in [3.05, 3.63) is 89.3 Å². The van der Waals surface area contributed by atoms with Crippen LogP contribution in [0.4, 0.5) is 4.79 Å². The number of carbonyl (C=O) groups is 3. The van der Waals surface area contributed by atoms with Crippen LogP contribution >= 0.6 is 0 Å². The molecule has 2 amide bonds. The molecule has 1 heterocycles. The quantitative estimate of drug-likeness (QED) is 0.448. The number of hydrogen-bond donors (Lipinski definition) is 3. The monoisotopic (exact) mass is 473 g/mol. The van der Waals surface area contributed by atoms with E-state index in [2.05, 4.69) is 27.9 Å². The zero-order valence-corrected chi connectivity index (χ0v) is 18.6. The van der Waals surface area contributed by atoms with E-state index in [1.807, 2.05) is 36.4 Å². The standard InChI is InChI=1S/C26H23N3O6/c30-24(28-16-10-9-15(11-16)25(31)32)22-14-35-29-23(22)12-27-26(33)34-13-21-19-7-3-1-5-17(19)18-6-2-4-8-20(18)21/h1-10,14-16,21H,11-13H2,(H,27,33)(H,28,30)(H,31,32). The Hall–Kier alpha value is -4.40. The molecule has 0 bridgehead atoms. The second-order valence-electron chi connectivity index (χ2n) is 8.50.